The summed E-state index contributed by atoms with van der Waals surface area (Å²) in [7, 11) is 0. The molecule has 0 amide bonds. The number of nitrogens with zero attached hydrogens (tertiary/aromatic N) is 3. The number of furan rings is 1. The Morgan fingerprint density at radius 3 is 3.06 bits per heavy atom. The fourth-order valence-corrected chi connectivity index (χ4v) is 1.74. The molecular formula is C11H10N4O. The zero-order chi connectivity index (χ0) is 11.0. The van der Waals surface area contributed by atoms with Crippen LogP contribution in [-0.2, 0) is 6.54 Å². The molecule has 0 atom stereocenters. The van der Waals surface area contributed by atoms with Gasteiger partial charge in [0.05, 0.1) is 30.1 Å². The van der Waals surface area contributed by atoms with E-state index in [2.05, 4.69) is 9.97 Å². The normalized spacial score (nSPS) is 11.1. The van der Waals surface area contributed by atoms with Crippen molar-refractivity contribution in [2.45, 2.75) is 6.54 Å². The van der Waals surface area contributed by atoms with Crippen molar-refractivity contribution in [3.05, 3.63) is 42.9 Å². The molecule has 0 spiro atoms. The van der Waals surface area contributed by atoms with E-state index in [0.717, 1.165) is 22.6 Å². The van der Waals surface area contributed by atoms with Gasteiger partial charge in [-0.15, -0.1) is 0 Å². The minimum Gasteiger partial charge on any atom is -0.472 e. The molecule has 3 aromatic heterocycles. The fourth-order valence-electron chi connectivity index (χ4n) is 1.74. The molecule has 0 bridgehead atoms. The summed E-state index contributed by atoms with van der Waals surface area (Å²) in [6.07, 6.45) is 8.71. The van der Waals surface area contributed by atoms with Gasteiger partial charge in [0.15, 0.2) is 5.65 Å². The van der Waals surface area contributed by atoms with E-state index in [4.69, 9.17) is 10.2 Å². The van der Waals surface area contributed by atoms with Gasteiger partial charge >= 0.3 is 0 Å². The molecule has 80 valence electrons. The van der Waals surface area contributed by atoms with Crippen molar-refractivity contribution < 1.29 is 4.42 Å². The SMILES string of the molecule is NCc1nccn2c(-c3ccoc3)cnc12. The molecule has 16 heavy (non-hydrogen) atoms. The highest BCUT2D eigenvalue weighted by molar-refractivity contribution is 5.63. The number of hydrogen-bond acceptors (Lipinski definition) is 4. The van der Waals surface area contributed by atoms with Gasteiger partial charge in [-0.2, -0.15) is 0 Å². The third kappa shape index (κ3) is 1.22. The van der Waals surface area contributed by atoms with Gasteiger partial charge in [-0.3, -0.25) is 9.38 Å². The van der Waals surface area contributed by atoms with Crippen molar-refractivity contribution >= 4 is 5.65 Å². The maximum absolute atomic E-state index is 5.61. The lowest BCUT2D eigenvalue weighted by molar-refractivity contribution is 0.568. The van der Waals surface area contributed by atoms with Crippen molar-refractivity contribution in [2.24, 2.45) is 5.73 Å². The highest BCUT2D eigenvalue weighted by atomic mass is 16.3. The Kier molecular flexibility index (Phi) is 1.97. The van der Waals surface area contributed by atoms with Crippen LogP contribution in [0.3, 0.4) is 0 Å². The number of nitrogens with two attached hydrogens (primary N) is 1. The Morgan fingerprint density at radius 1 is 1.38 bits per heavy atom. The van der Waals surface area contributed by atoms with E-state index in [9.17, 15) is 0 Å². The van der Waals surface area contributed by atoms with Crippen LogP contribution in [0.1, 0.15) is 5.69 Å². The van der Waals surface area contributed by atoms with Crippen molar-refractivity contribution in [2.75, 3.05) is 0 Å². The molecule has 0 fully saturated rings. The van der Waals surface area contributed by atoms with Crippen LogP contribution in [0.5, 0.6) is 0 Å². The lowest BCUT2D eigenvalue weighted by atomic mass is 10.2. The molecule has 3 rings (SSSR count). The highest BCUT2D eigenvalue weighted by Gasteiger charge is 2.09. The monoisotopic (exact) mass is 214 g/mol. The van der Waals surface area contributed by atoms with E-state index in [-0.39, 0.29) is 0 Å². The number of hydrogen-bond donors (Lipinski definition) is 1. The molecule has 0 aliphatic carbocycles. The van der Waals surface area contributed by atoms with Gasteiger partial charge < -0.3 is 10.2 Å². The van der Waals surface area contributed by atoms with Crippen molar-refractivity contribution in [1.82, 2.24) is 14.4 Å². The number of rotatable bonds is 2. The summed E-state index contributed by atoms with van der Waals surface area (Å²) in [6, 6.07) is 1.89. The van der Waals surface area contributed by atoms with E-state index >= 15 is 0 Å². The van der Waals surface area contributed by atoms with E-state index < -0.39 is 0 Å². The number of aromatic nitrogens is 3. The Balaban J connectivity index is 2.29. The largest absolute Gasteiger partial charge is 0.472 e. The molecule has 0 radical (unpaired) electrons. The van der Waals surface area contributed by atoms with Crippen molar-refractivity contribution in [1.29, 1.82) is 0 Å². The van der Waals surface area contributed by atoms with E-state index in [1.54, 1.807) is 24.9 Å². The molecular weight excluding hydrogens is 204 g/mol. The summed E-state index contributed by atoms with van der Waals surface area (Å²) in [5.74, 6) is 0. The third-order valence-electron chi connectivity index (χ3n) is 2.51. The molecule has 0 saturated carbocycles. The predicted molar refractivity (Wildman–Crippen MR) is 58.6 cm³/mol. The molecule has 3 aromatic rings. The zero-order valence-electron chi connectivity index (χ0n) is 8.50. The van der Waals surface area contributed by atoms with Crippen LogP contribution in [0, 0.1) is 0 Å². The molecule has 0 aliphatic rings. The third-order valence-corrected chi connectivity index (χ3v) is 2.51. The molecule has 5 nitrogen and oxygen atoms in total. The smallest absolute Gasteiger partial charge is 0.160 e. The Hall–Kier alpha value is -2.14. The van der Waals surface area contributed by atoms with Crippen LogP contribution < -0.4 is 5.73 Å². The van der Waals surface area contributed by atoms with Gasteiger partial charge in [-0.25, -0.2) is 4.98 Å². The van der Waals surface area contributed by atoms with Crippen molar-refractivity contribution in [3.8, 4) is 11.3 Å². The van der Waals surface area contributed by atoms with Gasteiger partial charge in [0.1, 0.15) is 0 Å². The standard InChI is InChI=1S/C11H10N4O/c12-5-9-11-14-6-10(8-1-4-16-7-8)15(11)3-2-13-9/h1-4,6-7H,5,12H2. The van der Waals surface area contributed by atoms with Gasteiger partial charge in [0.25, 0.3) is 0 Å². The maximum Gasteiger partial charge on any atom is 0.160 e. The zero-order valence-corrected chi connectivity index (χ0v) is 8.50. The van der Waals surface area contributed by atoms with Gasteiger partial charge in [-0.1, -0.05) is 0 Å². The Morgan fingerprint density at radius 2 is 2.31 bits per heavy atom. The Labute approximate surface area is 91.5 Å². The number of imidazole rings is 1. The summed E-state index contributed by atoms with van der Waals surface area (Å²) >= 11 is 0. The average molecular weight is 214 g/mol. The van der Waals surface area contributed by atoms with Crippen LogP contribution in [-0.4, -0.2) is 14.4 Å². The minimum atomic E-state index is 0.381. The summed E-state index contributed by atoms with van der Waals surface area (Å²) in [5.41, 5.74) is 9.15. The highest BCUT2D eigenvalue weighted by Crippen LogP contribution is 2.21. The van der Waals surface area contributed by atoms with E-state index in [0.29, 0.717) is 6.54 Å². The summed E-state index contributed by atoms with van der Waals surface area (Å²) < 4.78 is 7.02. The summed E-state index contributed by atoms with van der Waals surface area (Å²) in [4.78, 5) is 8.51. The first-order valence-corrected chi connectivity index (χ1v) is 4.93. The lowest BCUT2D eigenvalue weighted by Gasteiger charge is -2.01. The van der Waals surface area contributed by atoms with Crippen LogP contribution in [0.4, 0.5) is 0 Å². The minimum absolute atomic E-state index is 0.381. The van der Waals surface area contributed by atoms with Crippen LogP contribution >= 0.6 is 0 Å². The Bertz CT molecular complexity index is 612. The quantitative estimate of drug-likeness (QED) is 0.701. The van der Waals surface area contributed by atoms with Gasteiger partial charge in [-0.05, 0) is 6.07 Å². The number of fused-ring (bicyclic) bond motifs is 1. The first kappa shape index (κ1) is 9.11. The second-order valence-corrected chi connectivity index (χ2v) is 3.43. The lowest BCUT2D eigenvalue weighted by Crippen LogP contribution is -2.03. The summed E-state index contributed by atoms with van der Waals surface area (Å²) in [5, 5.41) is 0. The maximum atomic E-state index is 5.61. The first-order chi connectivity index (χ1) is 7.90. The van der Waals surface area contributed by atoms with Crippen molar-refractivity contribution in [3.63, 3.8) is 0 Å². The molecule has 5 heteroatoms. The predicted octanol–water partition coefficient (Wildman–Crippen LogP) is 1.45. The van der Waals surface area contributed by atoms with Crippen LogP contribution in [0.2, 0.25) is 0 Å². The van der Waals surface area contributed by atoms with E-state index in [1.165, 1.54) is 0 Å². The molecule has 0 aromatic carbocycles. The van der Waals surface area contributed by atoms with Crippen LogP contribution in [0.15, 0.2) is 41.6 Å². The molecule has 0 unspecified atom stereocenters. The van der Waals surface area contributed by atoms with E-state index in [1.807, 2.05) is 16.7 Å². The molecule has 0 saturated heterocycles. The molecule has 3 heterocycles. The summed E-state index contributed by atoms with van der Waals surface area (Å²) in [6.45, 7) is 0.381. The molecule has 0 aliphatic heterocycles. The fraction of sp³-hybridized carbons (Fsp3) is 0.0909. The topological polar surface area (TPSA) is 69.3 Å². The second kappa shape index (κ2) is 3.46. The van der Waals surface area contributed by atoms with Crippen LogP contribution in [0.25, 0.3) is 16.9 Å². The molecule has 2 N–H and O–H groups in total. The first-order valence-electron chi connectivity index (χ1n) is 4.93. The van der Waals surface area contributed by atoms with Gasteiger partial charge in [0, 0.05) is 24.5 Å². The van der Waals surface area contributed by atoms with Gasteiger partial charge in [0.2, 0.25) is 0 Å². The second-order valence-electron chi connectivity index (χ2n) is 3.43. The average Bonchev–Trinajstić information content (AvgIpc) is 2.96.